The van der Waals surface area contributed by atoms with Crippen molar-refractivity contribution in [3.8, 4) is 0 Å². The molecule has 1 atom stereocenters. The molecule has 134 valence electrons. The number of alkyl halides is 3. The Morgan fingerprint density at radius 3 is 2.04 bits per heavy atom. The lowest BCUT2D eigenvalue weighted by Gasteiger charge is -2.25. The van der Waals surface area contributed by atoms with Gasteiger partial charge in [-0.1, -0.05) is 83.3 Å². The van der Waals surface area contributed by atoms with Crippen LogP contribution in [0.5, 0.6) is 0 Å². The van der Waals surface area contributed by atoms with E-state index in [-0.39, 0.29) is 11.5 Å². The molecule has 0 saturated carbocycles. The molecule has 2 aromatic carbocycles. The molecule has 2 aromatic rings. The first-order valence-corrected chi connectivity index (χ1v) is 9.72. The molecule has 0 aliphatic heterocycles. The van der Waals surface area contributed by atoms with Crippen molar-refractivity contribution in [1.82, 2.24) is 5.32 Å². The van der Waals surface area contributed by atoms with E-state index in [2.05, 4.69) is 5.32 Å². The lowest BCUT2D eigenvalue weighted by atomic mass is 10.2. The molecule has 1 amide bonds. The highest BCUT2D eigenvalue weighted by atomic mass is 35.6. The summed E-state index contributed by atoms with van der Waals surface area (Å²) in [5, 5.41) is 0.311. The van der Waals surface area contributed by atoms with Crippen molar-refractivity contribution in [3.05, 3.63) is 66.2 Å². The Hall–Kier alpha value is -1.47. The molecule has 9 heteroatoms. The van der Waals surface area contributed by atoms with Crippen LogP contribution < -0.4 is 5.32 Å². The van der Waals surface area contributed by atoms with E-state index >= 15 is 0 Å². The van der Waals surface area contributed by atoms with E-state index in [1.807, 2.05) is 6.07 Å². The zero-order valence-electron chi connectivity index (χ0n) is 12.7. The van der Waals surface area contributed by atoms with E-state index in [0.717, 1.165) is 5.56 Å². The van der Waals surface area contributed by atoms with Crippen LogP contribution in [0.25, 0.3) is 0 Å². The van der Waals surface area contributed by atoms with E-state index in [9.17, 15) is 13.2 Å². The Balaban J connectivity index is 2.14. The molecule has 0 unspecified atom stereocenters. The summed E-state index contributed by atoms with van der Waals surface area (Å²) in [5.74, 6) is 0. The second-order valence-electron chi connectivity index (χ2n) is 4.99. The number of benzene rings is 2. The molecule has 0 bridgehead atoms. The number of sulfone groups is 1. The average Bonchev–Trinajstić information content (AvgIpc) is 2.58. The van der Waals surface area contributed by atoms with Crippen molar-refractivity contribution >= 4 is 50.7 Å². The van der Waals surface area contributed by atoms with E-state index in [0.29, 0.717) is 0 Å². The van der Waals surface area contributed by atoms with Crippen molar-refractivity contribution in [2.45, 2.75) is 20.7 Å². The average molecular weight is 423 g/mol. The van der Waals surface area contributed by atoms with Gasteiger partial charge in [-0.15, -0.1) is 0 Å². The number of nitrogens with one attached hydrogen (secondary N) is 1. The van der Waals surface area contributed by atoms with Crippen LogP contribution in [-0.2, 0) is 21.2 Å². The van der Waals surface area contributed by atoms with Crippen LogP contribution in [0.4, 0.5) is 4.79 Å². The number of hydrogen-bond acceptors (Lipinski definition) is 4. The topological polar surface area (TPSA) is 72.5 Å². The van der Waals surface area contributed by atoms with Crippen LogP contribution in [-0.4, -0.2) is 23.7 Å². The van der Waals surface area contributed by atoms with Gasteiger partial charge in [-0.25, -0.2) is 13.2 Å². The minimum absolute atomic E-state index is 0.0510. The van der Waals surface area contributed by atoms with Crippen LogP contribution in [0, 0.1) is 0 Å². The fraction of sp³-hybridized carbons (Fsp3) is 0.188. The number of hydrogen-bond donors (Lipinski definition) is 1. The fourth-order valence-electron chi connectivity index (χ4n) is 1.95. The van der Waals surface area contributed by atoms with E-state index in [1.165, 1.54) is 24.3 Å². The third kappa shape index (κ3) is 5.51. The van der Waals surface area contributed by atoms with Crippen molar-refractivity contribution in [2.75, 3.05) is 0 Å². The number of halogens is 3. The largest absolute Gasteiger partial charge is 0.445 e. The van der Waals surface area contributed by atoms with Crippen LogP contribution in [0.15, 0.2) is 65.6 Å². The third-order valence-electron chi connectivity index (χ3n) is 3.14. The Kier molecular flexibility index (Phi) is 6.57. The van der Waals surface area contributed by atoms with Crippen molar-refractivity contribution in [3.63, 3.8) is 0 Å². The second kappa shape index (κ2) is 8.27. The molecular formula is C16H14Cl3NO4S. The summed E-state index contributed by atoms with van der Waals surface area (Å²) >= 11 is 17.3. The first kappa shape index (κ1) is 19.8. The Bertz CT molecular complexity index is 808. The van der Waals surface area contributed by atoms with Gasteiger partial charge < -0.3 is 10.1 Å². The summed E-state index contributed by atoms with van der Waals surface area (Å²) in [6.07, 6.45) is -1.01. The molecule has 25 heavy (non-hydrogen) atoms. The molecule has 0 aromatic heterocycles. The van der Waals surface area contributed by atoms with Crippen molar-refractivity contribution in [1.29, 1.82) is 0 Å². The minimum atomic E-state index is -4.14. The second-order valence-corrected chi connectivity index (χ2v) is 9.39. The normalized spacial score (nSPS) is 13.1. The quantitative estimate of drug-likeness (QED) is 0.737. The van der Waals surface area contributed by atoms with Gasteiger partial charge in [-0.05, 0) is 17.7 Å². The van der Waals surface area contributed by atoms with Gasteiger partial charge in [0, 0.05) is 0 Å². The lowest BCUT2D eigenvalue weighted by Crippen LogP contribution is -2.49. The first-order valence-electron chi connectivity index (χ1n) is 7.04. The van der Waals surface area contributed by atoms with Crippen LogP contribution in [0.2, 0.25) is 0 Å². The van der Waals surface area contributed by atoms with Gasteiger partial charge in [-0.2, -0.15) is 0 Å². The Morgan fingerprint density at radius 2 is 1.52 bits per heavy atom. The molecule has 2 rings (SSSR count). The summed E-state index contributed by atoms with van der Waals surface area (Å²) in [6, 6.07) is 16.2. The molecule has 1 N–H and O–H groups in total. The number of ether oxygens (including phenoxy) is 1. The smallest absolute Gasteiger partial charge is 0.408 e. The van der Waals surface area contributed by atoms with Gasteiger partial charge in [0.05, 0.1) is 4.90 Å². The minimum Gasteiger partial charge on any atom is -0.445 e. The molecule has 0 aliphatic rings. The number of carbonyl (C=O) groups excluding carboxylic acids is 1. The van der Waals surface area contributed by atoms with Gasteiger partial charge in [0.25, 0.3) is 0 Å². The summed E-state index contributed by atoms with van der Waals surface area (Å²) in [4.78, 5) is 11.9. The molecule has 0 saturated heterocycles. The summed E-state index contributed by atoms with van der Waals surface area (Å²) in [6.45, 7) is -0.0510. The van der Waals surface area contributed by atoms with Crippen molar-refractivity contribution < 1.29 is 17.9 Å². The van der Waals surface area contributed by atoms with Crippen LogP contribution in [0.3, 0.4) is 0 Å². The van der Waals surface area contributed by atoms with E-state index in [4.69, 9.17) is 39.5 Å². The monoisotopic (exact) mass is 421 g/mol. The fourth-order valence-corrected chi connectivity index (χ4v) is 4.58. The molecule has 0 fully saturated rings. The Labute approximate surface area is 160 Å². The summed E-state index contributed by atoms with van der Waals surface area (Å²) in [7, 11) is -4.14. The van der Waals surface area contributed by atoms with Gasteiger partial charge in [0.15, 0.2) is 5.37 Å². The van der Waals surface area contributed by atoms with Gasteiger partial charge >= 0.3 is 6.09 Å². The molecule has 0 spiro atoms. The molecular weight excluding hydrogens is 409 g/mol. The molecule has 0 aliphatic carbocycles. The highest BCUT2D eigenvalue weighted by Gasteiger charge is 2.45. The van der Waals surface area contributed by atoms with Gasteiger partial charge in [0.1, 0.15) is 6.61 Å². The highest BCUT2D eigenvalue weighted by molar-refractivity contribution is 7.92. The summed E-state index contributed by atoms with van der Waals surface area (Å²) in [5.41, 5.74) is 0.731. The zero-order valence-corrected chi connectivity index (χ0v) is 15.8. The lowest BCUT2D eigenvalue weighted by molar-refractivity contribution is 0.138. The molecule has 0 heterocycles. The van der Waals surface area contributed by atoms with Gasteiger partial charge in [0.2, 0.25) is 13.6 Å². The summed E-state index contributed by atoms with van der Waals surface area (Å²) < 4.78 is 28.0. The maximum atomic E-state index is 12.7. The van der Waals surface area contributed by atoms with Gasteiger partial charge in [-0.3, -0.25) is 0 Å². The maximum absolute atomic E-state index is 12.7. The zero-order chi connectivity index (χ0) is 18.5. The number of carbonyl (C=O) groups is 1. The predicted octanol–water partition coefficient (Wildman–Crippen LogP) is 4.08. The standard InChI is InChI=1S/C16H14Cl3NO4S/c17-16(18,19)14(25(22,23)13-9-5-2-6-10-13)20-15(21)24-11-12-7-3-1-4-8-12/h1-10,14H,11H2,(H,20,21)/t14-/m0/s1. The number of rotatable bonds is 5. The maximum Gasteiger partial charge on any atom is 0.408 e. The van der Waals surface area contributed by atoms with Crippen LogP contribution in [0.1, 0.15) is 5.56 Å². The SMILES string of the molecule is O=C(N[C@H](C(Cl)(Cl)Cl)S(=O)(=O)c1ccccc1)OCc1ccccc1. The predicted molar refractivity (Wildman–Crippen MR) is 97.5 cm³/mol. The number of amides is 1. The molecule has 5 nitrogen and oxygen atoms in total. The van der Waals surface area contributed by atoms with E-state index < -0.39 is 25.1 Å². The van der Waals surface area contributed by atoms with Crippen LogP contribution >= 0.6 is 34.8 Å². The van der Waals surface area contributed by atoms with Crippen molar-refractivity contribution in [2.24, 2.45) is 0 Å². The van der Waals surface area contributed by atoms with E-state index in [1.54, 1.807) is 30.3 Å². The third-order valence-corrected chi connectivity index (χ3v) is 6.21. The molecule has 0 radical (unpaired) electrons. The number of alkyl carbamates (subject to hydrolysis) is 1. The Morgan fingerprint density at radius 1 is 1.00 bits per heavy atom. The first-order chi connectivity index (χ1) is 11.7. The highest BCUT2D eigenvalue weighted by Crippen LogP contribution is 2.35.